The standard InChI is InChI=1S/C18H14Cl2N2O4S/c19-12-1-3-13(4-2-12)25-9-16-21-22-18(26-16)27-10-11-7-14(20)17-15(8-11)23-5-6-24-17/h1-4,7-8H,5-6,9-10H2. The molecule has 9 heteroatoms. The molecule has 2 heterocycles. The van der Waals surface area contributed by atoms with E-state index in [0.717, 1.165) is 5.56 Å². The van der Waals surface area contributed by atoms with E-state index in [1.807, 2.05) is 12.1 Å². The fourth-order valence-electron chi connectivity index (χ4n) is 2.42. The lowest BCUT2D eigenvalue weighted by Crippen LogP contribution is -2.15. The summed E-state index contributed by atoms with van der Waals surface area (Å²) in [7, 11) is 0. The van der Waals surface area contributed by atoms with Crippen molar-refractivity contribution in [1.82, 2.24) is 10.2 Å². The minimum atomic E-state index is 0.186. The highest BCUT2D eigenvalue weighted by atomic mass is 35.5. The van der Waals surface area contributed by atoms with Crippen molar-refractivity contribution in [2.24, 2.45) is 0 Å². The van der Waals surface area contributed by atoms with Crippen LogP contribution < -0.4 is 14.2 Å². The van der Waals surface area contributed by atoms with Crippen LogP contribution in [0.3, 0.4) is 0 Å². The van der Waals surface area contributed by atoms with E-state index in [1.165, 1.54) is 11.8 Å². The number of thioether (sulfide) groups is 1. The highest BCUT2D eigenvalue weighted by Crippen LogP contribution is 2.39. The molecule has 4 rings (SSSR count). The van der Waals surface area contributed by atoms with Crippen LogP contribution in [0.25, 0.3) is 0 Å². The maximum atomic E-state index is 6.25. The summed E-state index contributed by atoms with van der Waals surface area (Å²) in [6, 6.07) is 10.8. The molecule has 0 bridgehead atoms. The molecule has 0 radical (unpaired) electrons. The number of rotatable bonds is 6. The van der Waals surface area contributed by atoms with E-state index in [4.69, 9.17) is 41.8 Å². The van der Waals surface area contributed by atoms with Gasteiger partial charge < -0.3 is 18.6 Å². The van der Waals surface area contributed by atoms with Crippen molar-refractivity contribution in [1.29, 1.82) is 0 Å². The second-order valence-corrected chi connectivity index (χ2v) is 7.37. The largest absolute Gasteiger partial charge is 0.486 e. The zero-order valence-corrected chi connectivity index (χ0v) is 16.3. The molecule has 1 aliphatic rings. The number of halogens is 2. The van der Waals surface area contributed by atoms with Crippen LogP contribution in [-0.2, 0) is 12.4 Å². The summed E-state index contributed by atoms with van der Waals surface area (Å²) in [5.74, 6) is 2.93. The Morgan fingerprint density at radius 3 is 2.70 bits per heavy atom. The maximum Gasteiger partial charge on any atom is 0.277 e. The van der Waals surface area contributed by atoms with Gasteiger partial charge in [0.1, 0.15) is 19.0 Å². The van der Waals surface area contributed by atoms with E-state index in [9.17, 15) is 0 Å². The Kier molecular flexibility index (Phi) is 5.61. The lowest BCUT2D eigenvalue weighted by molar-refractivity contribution is 0.171. The van der Waals surface area contributed by atoms with Gasteiger partial charge in [-0.3, -0.25) is 0 Å². The minimum absolute atomic E-state index is 0.186. The first-order chi connectivity index (χ1) is 13.2. The molecular weight excluding hydrogens is 411 g/mol. The zero-order valence-electron chi connectivity index (χ0n) is 14.0. The van der Waals surface area contributed by atoms with E-state index >= 15 is 0 Å². The maximum absolute atomic E-state index is 6.25. The molecular formula is C18H14Cl2N2O4S. The number of benzene rings is 2. The Hall–Kier alpha value is -2.09. The van der Waals surface area contributed by atoms with Crippen molar-refractivity contribution in [2.45, 2.75) is 17.6 Å². The van der Waals surface area contributed by atoms with Crippen molar-refractivity contribution >= 4 is 35.0 Å². The van der Waals surface area contributed by atoms with Gasteiger partial charge in [0.15, 0.2) is 18.1 Å². The van der Waals surface area contributed by atoms with Gasteiger partial charge in [-0.15, -0.1) is 10.2 Å². The number of aromatic nitrogens is 2. The van der Waals surface area contributed by atoms with Crippen LogP contribution in [0.1, 0.15) is 11.5 Å². The smallest absolute Gasteiger partial charge is 0.277 e. The predicted molar refractivity (Wildman–Crippen MR) is 102 cm³/mol. The first-order valence-electron chi connectivity index (χ1n) is 8.09. The molecule has 2 aromatic carbocycles. The third kappa shape index (κ3) is 4.61. The lowest BCUT2D eigenvalue weighted by Gasteiger charge is -2.20. The summed E-state index contributed by atoms with van der Waals surface area (Å²) >= 11 is 13.5. The highest BCUT2D eigenvalue weighted by molar-refractivity contribution is 7.98. The van der Waals surface area contributed by atoms with E-state index in [1.54, 1.807) is 24.3 Å². The van der Waals surface area contributed by atoms with E-state index in [0.29, 0.717) is 57.4 Å². The molecule has 1 aromatic heterocycles. The van der Waals surface area contributed by atoms with Gasteiger partial charge >= 0.3 is 0 Å². The van der Waals surface area contributed by atoms with Crippen LogP contribution in [-0.4, -0.2) is 23.4 Å². The second-order valence-electron chi connectivity index (χ2n) is 5.59. The number of fused-ring (bicyclic) bond motifs is 1. The average Bonchev–Trinajstić information content (AvgIpc) is 3.14. The molecule has 0 unspecified atom stereocenters. The quantitative estimate of drug-likeness (QED) is 0.514. The lowest BCUT2D eigenvalue weighted by atomic mass is 10.2. The highest BCUT2D eigenvalue weighted by Gasteiger charge is 2.17. The summed E-state index contributed by atoms with van der Waals surface area (Å²) in [4.78, 5) is 0. The Morgan fingerprint density at radius 1 is 1.04 bits per heavy atom. The van der Waals surface area contributed by atoms with Gasteiger partial charge in [-0.2, -0.15) is 0 Å². The van der Waals surface area contributed by atoms with Gasteiger partial charge in [-0.1, -0.05) is 35.0 Å². The van der Waals surface area contributed by atoms with Crippen molar-refractivity contribution in [2.75, 3.05) is 13.2 Å². The fourth-order valence-corrected chi connectivity index (χ4v) is 3.55. The molecule has 140 valence electrons. The molecule has 6 nitrogen and oxygen atoms in total. The van der Waals surface area contributed by atoms with Crippen LogP contribution in [0, 0.1) is 0 Å². The number of hydrogen-bond acceptors (Lipinski definition) is 7. The van der Waals surface area contributed by atoms with Gasteiger partial charge in [0.2, 0.25) is 0 Å². The Labute approximate surface area is 169 Å². The first kappa shape index (κ1) is 18.3. The first-order valence-corrected chi connectivity index (χ1v) is 9.83. The van der Waals surface area contributed by atoms with Gasteiger partial charge in [-0.25, -0.2) is 0 Å². The summed E-state index contributed by atoms with van der Waals surface area (Å²) in [6.07, 6.45) is 0. The van der Waals surface area contributed by atoms with Gasteiger partial charge in [0.05, 0.1) is 5.02 Å². The molecule has 0 saturated heterocycles. The molecule has 27 heavy (non-hydrogen) atoms. The van der Waals surface area contributed by atoms with Crippen LogP contribution in [0.4, 0.5) is 0 Å². The van der Waals surface area contributed by atoms with Crippen LogP contribution in [0.2, 0.25) is 10.0 Å². The van der Waals surface area contributed by atoms with Gasteiger partial charge in [-0.05, 0) is 42.0 Å². The predicted octanol–water partition coefficient (Wildman–Crippen LogP) is 5.02. The topological polar surface area (TPSA) is 66.6 Å². The van der Waals surface area contributed by atoms with Crippen LogP contribution in [0.5, 0.6) is 17.2 Å². The summed E-state index contributed by atoms with van der Waals surface area (Å²) in [5, 5.41) is 9.65. The van der Waals surface area contributed by atoms with Gasteiger partial charge in [0, 0.05) is 10.8 Å². The van der Waals surface area contributed by atoms with Crippen molar-refractivity contribution in [3.05, 3.63) is 57.9 Å². The van der Waals surface area contributed by atoms with E-state index < -0.39 is 0 Å². The second kappa shape index (κ2) is 8.29. The molecule has 0 aliphatic carbocycles. The minimum Gasteiger partial charge on any atom is -0.486 e. The fraction of sp³-hybridized carbons (Fsp3) is 0.222. The molecule has 0 fully saturated rings. The summed E-state index contributed by atoms with van der Waals surface area (Å²) in [6.45, 7) is 1.20. The van der Waals surface area contributed by atoms with E-state index in [2.05, 4.69) is 10.2 Å². The van der Waals surface area contributed by atoms with Crippen LogP contribution in [0.15, 0.2) is 46.0 Å². The van der Waals surface area contributed by atoms with E-state index in [-0.39, 0.29) is 6.61 Å². The molecule has 0 amide bonds. The van der Waals surface area contributed by atoms with Crippen molar-refractivity contribution in [3.8, 4) is 17.2 Å². The normalized spacial score (nSPS) is 12.8. The third-order valence-electron chi connectivity index (χ3n) is 3.64. The Balaban J connectivity index is 1.34. The molecule has 0 atom stereocenters. The number of nitrogens with zero attached hydrogens (tertiary/aromatic N) is 2. The third-order valence-corrected chi connectivity index (χ3v) is 5.07. The molecule has 0 N–H and O–H groups in total. The van der Waals surface area contributed by atoms with Gasteiger partial charge in [0.25, 0.3) is 11.1 Å². The van der Waals surface area contributed by atoms with Crippen LogP contribution >= 0.6 is 35.0 Å². The molecule has 1 aliphatic heterocycles. The summed E-state index contributed by atoms with van der Waals surface area (Å²) < 4.78 is 22.3. The van der Waals surface area contributed by atoms with Crippen molar-refractivity contribution in [3.63, 3.8) is 0 Å². The average molecular weight is 425 g/mol. The zero-order chi connectivity index (χ0) is 18.6. The summed E-state index contributed by atoms with van der Waals surface area (Å²) in [5.41, 5.74) is 0.978. The SMILES string of the molecule is Clc1ccc(OCc2nnc(SCc3cc(Cl)c4c(c3)OCCO4)o2)cc1. The number of ether oxygens (including phenoxy) is 3. The molecule has 0 saturated carbocycles. The Bertz CT molecular complexity index is 934. The molecule has 0 spiro atoms. The molecule has 3 aromatic rings. The number of hydrogen-bond donors (Lipinski definition) is 0. The van der Waals surface area contributed by atoms with Crippen molar-refractivity contribution < 1.29 is 18.6 Å². The Morgan fingerprint density at radius 2 is 1.85 bits per heavy atom. The monoisotopic (exact) mass is 424 g/mol.